The van der Waals surface area contributed by atoms with Crippen molar-refractivity contribution in [1.82, 2.24) is 0 Å². The van der Waals surface area contributed by atoms with E-state index in [4.69, 9.17) is 9.84 Å². The molecule has 22 heavy (non-hydrogen) atoms. The minimum absolute atomic E-state index is 0.0970. The molecule has 0 saturated carbocycles. The Morgan fingerprint density at radius 3 is 2.32 bits per heavy atom. The number of Topliss-reactive ketones (excluding diaryl/α,β-unsaturated/α-hetero) is 1. The fourth-order valence-corrected chi connectivity index (χ4v) is 2.25. The van der Waals surface area contributed by atoms with Gasteiger partial charge in [0.25, 0.3) is 11.7 Å². The van der Waals surface area contributed by atoms with Crippen LogP contribution in [0.25, 0.3) is 11.7 Å². The van der Waals surface area contributed by atoms with Crippen molar-refractivity contribution in [1.29, 1.82) is 0 Å². The van der Waals surface area contributed by atoms with Crippen LogP contribution in [0.4, 0.5) is 0 Å². The molecule has 0 fully saturated rings. The summed E-state index contributed by atoms with van der Waals surface area (Å²) in [5.41, 5.74) is 0.0314. The zero-order valence-corrected chi connectivity index (χ0v) is 11.1. The van der Waals surface area contributed by atoms with E-state index in [0.717, 1.165) is 0 Å². The Labute approximate surface area is 123 Å². The summed E-state index contributed by atoms with van der Waals surface area (Å²) in [4.78, 5) is 22.3. The van der Waals surface area contributed by atoms with Crippen molar-refractivity contribution in [2.75, 3.05) is 0 Å². The highest BCUT2D eigenvalue weighted by Gasteiger charge is 2.21. The normalized spacial score (nSPS) is 12.7. The number of aliphatic carboxylic acids is 1. The zero-order chi connectivity index (χ0) is 15.9. The van der Waals surface area contributed by atoms with Gasteiger partial charge < -0.3 is 20.1 Å². The number of benzene rings is 2. The van der Waals surface area contributed by atoms with E-state index in [-0.39, 0.29) is 22.6 Å². The van der Waals surface area contributed by atoms with Crippen molar-refractivity contribution in [3.8, 4) is 5.75 Å². The van der Waals surface area contributed by atoms with Crippen molar-refractivity contribution < 1.29 is 29.6 Å². The molecule has 6 heteroatoms. The van der Waals surface area contributed by atoms with Gasteiger partial charge in [-0.05, 0) is 24.3 Å². The Balaban J connectivity index is 2.31. The first kappa shape index (κ1) is 13.7. The smallest absolute Gasteiger partial charge is 0.377 e. The molecule has 110 valence electrons. The van der Waals surface area contributed by atoms with E-state index in [1.165, 1.54) is 18.2 Å². The number of carbonyl (C=O) groups excluding carboxylic acids is 1. The largest absolute Gasteiger partial charge is 0.507 e. The molecule has 0 radical (unpaired) electrons. The number of carboxylic acid groups (broad SMARTS) is 1. The van der Waals surface area contributed by atoms with Gasteiger partial charge in [-0.15, -0.1) is 0 Å². The Kier molecular flexibility index (Phi) is 3.06. The number of hydrogen-bond donors (Lipinski definition) is 3. The van der Waals surface area contributed by atoms with Gasteiger partial charge in [-0.25, -0.2) is 4.79 Å². The first-order chi connectivity index (χ1) is 10.5. The molecule has 1 aliphatic heterocycles. The van der Waals surface area contributed by atoms with Gasteiger partial charge in [0.1, 0.15) is 11.5 Å². The summed E-state index contributed by atoms with van der Waals surface area (Å²) in [7, 11) is 0. The number of ketones is 1. The van der Waals surface area contributed by atoms with E-state index < -0.39 is 17.7 Å². The lowest BCUT2D eigenvalue weighted by Gasteiger charge is -2.08. The second kappa shape index (κ2) is 4.92. The molecule has 2 aromatic carbocycles. The summed E-state index contributed by atoms with van der Waals surface area (Å²) in [6, 6.07) is 10.3. The van der Waals surface area contributed by atoms with E-state index in [1.807, 2.05) is 0 Å². The molecule has 0 aromatic heterocycles. The number of aliphatic hydroxyl groups is 2. The predicted molar refractivity (Wildman–Crippen MR) is 75.9 cm³/mol. The van der Waals surface area contributed by atoms with Crippen molar-refractivity contribution in [3.05, 3.63) is 64.0 Å². The van der Waals surface area contributed by atoms with Crippen LogP contribution in [0.1, 0.15) is 15.9 Å². The molecule has 6 nitrogen and oxygen atoms in total. The third kappa shape index (κ3) is 2.07. The number of hydrogen-bond acceptors (Lipinski definition) is 5. The summed E-state index contributed by atoms with van der Waals surface area (Å²) < 4.78 is 5.28. The van der Waals surface area contributed by atoms with Crippen molar-refractivity contribution in [3.63, 3.8) is 0 Å². The number of fused-ring (bicyclic) bond motifs is 2. The molecule has 0 unspecified atom stereocenters. The first-order valence-electron chi connectivity index (χ1n) is 6.30. The highest BCUT2D eigenvalue weighted by atomic mass is 16.6. The van der Waals surface area contributed by atoms with E-state index >= 15 is 0 Å². The highest BCUT2D eigenvalue weighted by Crippen LogP contribution is 2.27. The molecule has 1 aliphatic rings. The minimum Gasteiger partial charge on any atom is -0.507 e. The molecule has 3 rings (SSSR count). The first-order valence-corrected chi connectivity index (χ1v) is 6.30. The summed E-state index contributed by atoms with van der Waals surface area (Å²) in [5, 5.41) is 29.8. The molecule has 0 spiro atoms. The molecule has 1 heterocycles. The van der Waals surface area contributed by atoms with Gasteiger partial charge in [0.05, 0.1) is 10.8 Å². The van der Waals surface area contributed by atoms with Crippen molar-refractivity contribution in [2.24, 2.45) is 0 Å². The Morgan fingerprint density at radius 2 is 1.64 bits per heavy atom. The fraction of sp³-hybridized carbons (Fsp3) is 0. The third-order valence-electron chi connectivity index (χ3n) is 3.31. The molecular formula is C16H10O6. The van der Waals surface area contributed by atoms with Crippen LogP contribution in [0.2, 0.25) is 0 Å². The minimum atomic E-state index is -1.59. The van der Waals surface area contributed by atoms with E-state index in [9.17, 15) is 19.8 Å². The predicted octanol–water partition coefficient (Wildman–Crippen LogP) is 0.684. The summed E-state index contributed by atoms with van der Waals surface area (Å²) >= 11 is 0. The monoisotopic (exact) mass is 298 g/mol. The summed E-state index contributed by atoms with van der Waals surface area (Å²) in [5.74, 6) is -3.17. The average molecular weight is 298 g/mol. The maximum Gasteiger partial charge on any atom is 0.377 e. The van der Waals surface area contributed by atoms with Gasteiger partial charge in [0, 0.05) is 10.8 Å². The van der Waals surface area contributed by atoms with Gasteiger partial charge in [-0.2, -0.15) is 0 Å². The fourth-order valence-electron chi connectivity index (χ4n) is 2.25. The van der Waals surface area contributed by atoms with Gasteiger partial charge in [0.2, 0.25) is 0 Å². The molecule has 0 aliphatic carbocycles. The number of carboxylic acids is 1. The van der Waals surface area contributed by atoms with E-state index in [2.05, 4.69) is 0 Å². The Morgan fingerprint density at radius 1 is 0.955 bits per heavy atom. The van der Waals surface area contributed by atoms with Crippen LogP contribution in [0.15, 0.2) is 42.5 Å². The Bertz CT molecular complexity index is 926. The standard InChI is InChI=1S/C16H10O6/c17-13(15(19)20)8-5-6-12-11(7-8)14(18)9-3-1-2-4-10(9)16(21)22-12/h1-7,18,21H,(H,19,20). The van der Waals surface area contributed by atoms with Gasteiger partial charge in [-0.1, -0.05) is 18.2 Å². The van der Waals surface area contributed by atoms with Crippen LogP contribution in [-0.4, -0.2) is 27.1 Å². The maximum absolute atomic E-state index is 11.5. The zero-order valence-electron chi connectivity index (χ0n) is 11.1. The van der Waals surface area contributed by atoms with Crippen LogP contribution in [0.3, 0.4) is 0 Å². The Hall–Kier alpha value is -3.28. The lowest BCUT2D eigenvalue weighted by atomic mass is 10.0. The molecule has 0 atom stereocenters. The quantitative estimate of drug-likeness (QED) is 0.556. The molecule has 0 bridgehead atoms. The summed E-state index contributed by atoms with van der Waals surface area (Å²) in [6.45, 7) is 0. The van der Waals surface area contributed by atoms with Crippen LogP contribution in [0, 0.1) is 0 Å². The van der Waals surface area contributed by atoms with Gasteiger partial charge in [-0.3, -0.25) is 4.79 Å². The van der Waals surface area contributed by atoms with Gasteiger partial charge >= 0.3 is 5.97 Å². The van der Waals surface area contributed by atoms with Crippen molar-refractivity contribution >= 4 is 23.5 Å². The SMILES string of the molecule is O=C(O)C(=O)c1ccc2c(c1)C(O)=c1ccccc1=C(O)O2. The van der Waals surface area contributed by atoms with Crippen molar-refractivity contribution in [2.45, 2.75) is 0 Å². The third-order valence-corrected chi connectivity index (χ3v) is 3.31. The van der Waals surface area contributed by atoms with Crippen LogP contribution in [-0.2, 0) is 4.79 Å². The molecule has 0 saturated heterocycles. The average Bonchev–Trinajstić information content (AvgIpc) is 2.63. The second-order valence-electron chi connectivity index (χ2n) is 4.65. The van der Waals surface area contributed by atoms with E-state index in [1.54, 1.807) is 24.3 Å². The second-order valence-corrected chi connectivity index (χ2v) is 4.65. The molecule has 3 N–H and O–H groups in total. The van der Waals surface area contributed by atoms with Gasteiger partial charge in [0.15, 0.2) is 0 Å². The number of carbonyl (C=O) groups is 2. The topological polar surface area (TPSA) is 104 Å². The summed E-state index contributed by atoms with van der Waals surface area (Å²) in [6.07, 6.45) is 0. The number of ether oxygens (including phenoxy) is 1. The highest BCUT2D eigenvalue weighted by molar-refractivity contribution is 6.39. The number of rotatable bonds is 2. The number of aliphatic hydroxyl groups excluding tert-OH is 2. The van der Waals surface area contributed by atoms with Crippen LogP contribution < -0.4 is 15.2 Å². The van der Waals surface area contributed by atoms with Crippen LogP contribution >= 0.6 is 0 Å². The lowest BCUT2D eigenvalue weighted by Crippen LogP contribution is -2.29. The maximum atomic E-state index is 11.5. The lowest BCUT2D eigenvalue weighted by molar-refractivity contribution is -0.131. The van der Waals surface area contributed by atoms with Crippen LogP contribution in [0.5, 0.6) is 5.75 Å². The molecule has 2 aromatic rings. The van der Waals surface area contributed by atoms with E-state index in [0.29, 0.717) is 10.4 Å². The molecular weight excluding hydrogens is 288 g/mol. The molecule has 0 amide bonds.